The molecule has 100 valence electrons. The average Bonchev–Trinajstić information content (AvgIpc) is 2.68. The van der Waals surface area contributed by atoms with E-state index in [0.29, 0.717) is 0 Å². The van der Waals surface area contributed by atoms with Gasteiger partial charge in [0.15, 0.2) is 10.6 Å². The molecule has 2 aromatic rings. The van der Waals surface area contributed by atoms with Crippen molar-refractivity contribution in [3.05, 3.63) is 45.2 Å². The van der Waals surface area contributed by atoms with Crippen LogP contribution in [0.25, 0.3) is 0 Å². The van der Waals surface area contributed by atoms with Crippen molar-refractivity contribution < 1.29 is 4.79 Å². The zero-order chi connectivity index (χ0) is 14.0. The van der Waals surface area contributed by atoms with Crippen LogP contribution < -0.4 is 4.80 Å². The summed E-state index contributed by atoms with van der Waals surface area (Å²) in [6, 6.07) is 8.21. The van der Waals surface area contributed by atoms with Gasteiger partial charge in [0, 0.05) is 19.7 Å². The number of hydrogen-bond donors (Lipinski definition) is 0. The van der Waals surface area contributed by atoms with Gasteiger partial charge in [-0.3, -0.25) is 4.79 Å². The lowest BCUT2D eigenvalue weighted by Gasteiger charge is -1.98. The molecule has 0 N–H and O–H groups in total. The van der Waals surface area contributed by atoms with Gasteiger partial charge in [-0.2, -0.15) is 0 Å². The molecule has 0 aliphatic rings. The van der Waals surface area contributed by atoms with E-state index in [9.17, 15) is 4.79 Å². The van der Waals surface area contributed by atoms with Gasteiger partial charge in [-0.05, 0) is 31.0 Å². The van der Waals surface area contributed by atoms with Crippen LogP contribution in [0.4, 0.5) is 5.69 Å². The summed E-state index contributed by atoms with van der Waals surface area (Å²) in [5.41, 5.74) is 3.20. The summed E-state index contributed by atoms with van der Waals surface area (Å²) in [4.78, 5) is 17.8. The number of benzene rings is 1. The molecule has 2 rings (SSSR count). The fourth-order valence-electron chi connectivity index (χ4n) is 1.87. The van der Waals surface area contributed by atoms with Crippen LogP contribution in [0.15, 0.2) is 29.3 Å². The summed E-state index contributed by atoms with van der Waals surface area (Å²) < 4.78 is 1.97. The Morgan fingerprint density at radius 3 is 2.42 bits per heavy atom. The first-order chi connectivity index (χ1) is 9.02. The van der Waals surface area contributed by atoms with Gasteiger partial charge in [0.05, 0.1) is 10.6 Å². The zero-order valence-electron chi connectivity index (χ0n) is 11.7. The number of rotatable bonds is 3. The lowest BCUT2D eigenvalue weighted by Crippen LogP contribution is -2.11. The van der Waals surface area contributed by atoms with Crippen LogP contribution in [-0.2, 0) is 13.5 Å². The molecule has 0 spiro atoms. The predicted molar refractivity (Wildman–Crippen MR) is 79.1 cm³/mol. The number of thiazole rings is 1. The maximum absolute atomic E-state index is 11.5. The molecule has 4 heteroatoms. The molecular formula is C15H18N2OS. The molecular weight excluding hydrogens is 256 g/mol. The number of carbonyl (C=O) groups excluding carboxylic acids is 1. The fraction of sp³-hybridized carbons (Fsp3) is 0.333. The Labute approximate surface area is 117 Å². The lowest BCUT2D eigenvalue weighted by atomic mass is 10.2. The summed E-state index contributed by atoms with van der Waals surface area (Å²) in [7, 11) is 1.94. The highest BCUT2D eigenvalue weighted by atomic mass is 32.1. The molecule has 0 fully saturated rings. The van der Waals surface area contributed by atoms with Crippen LogP contribution in [0.3, 0.4) is 0 Å². The average molecular weight is 274 g/mol. The van der Waals surface area contributed by atoms with E-state index < -0.39 is 0 Å². The molecule has 0 radical (unpaired) electrons. The van der Waals surface area contributed by atoms with Gasteiger partial charge in [0.1, 0.15) is 0 Å². The van der Waals surface area contributed by atoms with Gasteiger partial charge < -0.3 is 4.57 Å². The fourth-order valence-corrected chi connectivity index (χ4v) is 2.91. The second-order valence-corrected chi connectivity index (χ2v) is 5.52. The predicted octanol–water partition coefficient (Wildman–Crippen LogP) is 3.39. The maximum Gasteiger partial charge on any atom is 0.190 e. The molecule has 1 aromatic heterocycles. The van der Waals surface area contributed by atoms with E-state index in [1.165, 1.54) is 16.9 Å². The van der Waals surface area contributed by atoms with Gasteiger partial charge in [-0.1, -0.05) is 30.4 Å². The third kappa shape index (κ3) is 2.84. The number of carbonyl (C=O) groups is 1. The van der Waals surface area contributed by atoms with E-state index in [4.69, 9.17) is 0 Å². The Morgan fingerprint density at radius 2 is 1.95 bits per heavy atom. The number of Topliss-reactive ketones (excluding diaryl/α,β-unsaturated/α-hetero) is 1. The van der Waals surface area contributed by atoms with Crippen molar-refractivity contribution in [1.82, 2.24) is 4.57 Å². The van der Waals surface area contributed by atoms with Crippen LogP contribution in [-0.4, -0.2) is 10.4 Å². The minimum absolute atomic E-state index is 0.0980. The molecule has 0 aliphatic carbocycles. The van der Waals surface area contributed by atoms with Gasteiger partial charge >= 0.3 is 0 Å². The van der Waals surface area contributed by atoms with Crippen molar-refractivity contribution >= 4 is 22.8 Å². The highest BCUT2D eigenvalue weighted by Crippen LogP contribution is 2.15. The monoisotopic (exact) mass is 274 g/mol. The Bertz CT molecular complexity index is 662. The van der Waals surface area contributed by atoms with E-state index in [0.717, 1.165) is 27.5 Å². The first-order valence-electron chi connectivity index (χ1n) is 6.34. The van der Waals surface area contributed by atoms with Crippen LogP contribution in [0.5, 0.6) is 0 Å². The molecule has 0 unspecified atom stereocenters. The van der Waals surface area contributed by atoms with E-state index in [-0.39, 0.29) is 5.78 Å². The topological polar surface area (TPSA) is 34.4 Å². The first kappa shape index (κ1) is 13.7. The standard InChI is InChI=1S/C15H18N2OS/c1-5-12-6-8-13(9-7-12)16-15-17(4)10(2)14(19-15)11(3)18/h6-9H,5H2,1-4H3. The Morgan fingerprint density at radius 1 is 1.32 bits per heavy atom. The van der Waals surface area contributed by atoms with E-state index in [2.05, 4.69) is 24.0 Å². The van der Waals surface area contributed by atoms with E-state index in [1.807, 2.05) is 30.7 Å². The second-order valence-electron chi connectivity index (χ2n) is 4.55. The van der Waals surface area contributed by atoms with Crippen LogP contribution in [0.1, 0.15) is 34.8 Å². The minimum Gasteiger partial charge on any atom is -0.323 e. The molecule has 0 saturated carbocycles. The lowest BCUT2D eigenvalue weighted by molar-refractivity contribution is 0.102. The highest BCUT2D eigenvalue weighted by molar-refractivity contribution is 7.11. The van der Waals surface area contributed by atoms with E-state index >= 15 is 0 Å². The first-order valence-corrected chi connectivity index (χ1v) is 7.15. The smallest absolute Gasteiger partial charge is 0.190 e. The molecule has 0 bridgehead atoms. The quantitative estimate of drug-likeness (QED) is 0.790. The van der Waals surface area contributed by atoms with Gasteiger partial charge in [-0.25, -0.2) is 4.99 Å². The normalized spacial score (nSPS) is 11.9. The minimum atomic E-state index is 0.0980. The van der Waals surface area contributed by atoms with Gasteiger partial charge in [0.25, 0.3) is 0 Å². The van der Waals surface area contributed by atoms with Crippen molar-refractivity contribution in [2.75, 3.05) is 0 Å². The number of nitrogens with zero attached hydrogens (tertiary/aromatic N) is 2. The summed E-state index contributed by atoms with van der Waals surface area (Å²) in [5, 5.41) is 0. The third-order valence-corrected chi connectivity index (χ3v) is 4.54. The molecule has 0 atom stereocenters. The van der Waals surface area contributed by atoms with Crippen molar-refractivity contribution in [2.45, 2.75) is 27.2 Å². The highest BCUT2D eigenvalue weighted by Gasteiger charge is 2.10. The third-order valence-electron chi connectivity index (χ3n) is 3.20. The van der Waals surface area contributed by atoms with Crippen molar-refractivity contribution in [2.24, 2.45) is 12.0 Å². The van der Waals surface area contributed by atoms with Crippen molar-refractivity contribution in [3.63, 3.8) is 0 Å². The number of ketones is 1. The number of hydrogen-bond acceptors (Lipinski definition) is 3. The SMILES string of the molecule is CCc1ccc(N=c2sc(C(C)=O)c(C)n2C)cc1. The number of aromatic nitrogens is 1. The second kappa shape index (κ2) is 5.53. The number of aryl methyl sites for hydroxylation is 1. The van der Waals surface area contributed by atoms with Crippen LogP contribution in [0, 0.1) is 6.92 Å². The molecule has 1 heterocycles. The molecule has 19 heavy (non-hydrogen) atoms. The summed E-state index contributed by atoms with van der Waals surface area (Å²) >= 11 is 1.45. The summed E-state index contributed by atoms with van der Waals surface area (Å²) in [6.45, 7) is 5.68. The molecule has 3 nitrogen and oxygen atoms in total. The molecule has 0 saturated heterocycles. The molecule has 0 aliphatic heterocycles. The largest absolute Gasteiger partial charge is 0.323 e. The van der Waals surface area contributed by atoms with Gasteiger partial charge in [0.2, 0.25) is 0 Å². The van der Waals surface area contributed by atoms with Gasteiger partial charge in [-0.15, -0.1) is 0 Å². The van der Waals surface area contributed by atoms with Crippen LogP contribution in [0.2, 0.25) is 0 Å². The molecule has 0 amide bonds. The zero-order valence-corrected chi connectivity index (χ0v) is 12.5. The van der Waals surface area contributed by atoms with Crippen molar-refractivity contribution in [3.8, 4) is 0 Å². The maximum atomic E-state index is 11.5. The molecule has 1 aromatic carbocycles. The summed E-state index contributed by atoms with van der Waals surface area (Å²) in [5.74, 6) is 0.0980. The van der Waals surface area contributed by atoms with Crippen molar-refractivity contribution in [1.29, 1.82) is 0 Å². The van der Waals surface area contributed by atoms with E-state index in [1.54, 1.807) is 6.92 Å². The summed E-state index contributed by atoms with van der Waals surface area (Å²) in [6.07, 6.45) is 1.03. The van der Waals surface area contributed by atoms with Crippen LogP contribution >= 0.6 is 11.3 Å². The Hall–Kier alpha value is -1.68. The Kier molecular flexibility index (Phi) is 4.00. The Balaban J connectivity index is 2.48.